The number of aromatic nitrogens is 2. The van der Waals surface area contributed by atoms with Crippen LogP contribution in [0, 0.1) is 12.8 Å². The van der Waals surface area contributed by atoms with E-state index in [4.69, 9.17) is 11.6 Å². The van der Waals surface area contributed by atoms with E-state index in [9.17, 15) is 9.59 Å². The SMILES string of the molecule is Cc1c(CNC(=O)N2CCC[C@@H](C(=O)c3cccc(Cl)c3)C2)cnn1C. The third-order valence-corrected chi connectivity index (χ3v) is 5.19. The molecule has 1 aromatic carbocycles. The second-order valence-corrected chi connectivity index (χ2v) is 7.13. The summed E-state index contributed by atoms with van der Waals surface area (Å²) in [4.78, 5) is 26.9. The second-order valence-electron chi connectivity index (χ2n) is 6.70. The first kappa shape index (κ1) is 18.5. The maximum absolute atomic E-state index is 12.7. The van der Waals surface area contributed by atoms with E-state index in [1.807, 2.05) is 14.0 Å². The van der Waals surface area contributed by atoms with Gasteiger partial charge >= 0.3 is 6.03 Å². The average molecular weight is 375 g/mol. The first-order chi connectivity index (χ1) is 12.5. The number of carbonyl (C=O) groups is 2. The summed E-state index contributed by atoms with van der Waals surface area (Å²) in [7, 11) is 1.87. The summed E-state index contributed by atoms with van der Waals surface area (Å²) in [6.07, 6.45) is 3.37. The van der Waals surface area contributed by atoms with Gasteiger partial charge in [0.2, 0.25) is 0 Å². The number of nitrogens with zero attached hydrogens (tertiary/aromatic N) is 3. The zero-order chi connectivity index (χ0) is 18.7. The van der Waals surface area contributed by atoms with Gasteiger partial charge in [0.1, 0.15) is 0 Å². The average Bonchev–Trinajstić information content (AvgIpc) is 2.97. The number of urea groups is 1. The van der Waals surface area contributed by atoms with Gasteiger partial charge in [0.05, 0.1) is 6.20 Å². The van der Waals surface area contributed by atoms with Crippen molar-refractivity contribution < 1.29 is 9.59 Å². The van der Waals surface area contributed by atoms with Crippen LogP contribution >= 0.6 is 11.6 Å². The summed E-state index contributed by atoms with van der Waals surface area (Å²) in [6.45, 7) is 3.50. The van der Waals surface area contributed by atoms with Gasteiger partial charge in [0.25, 0.3) is 0 Å². The van der Waals surface area contributed by atoms with E-state index in [-0.39, 0.29) is 17.7 Å². The Labute approximate surface area is 158 Å². The molecule has 0 aliphatic carbocycles. The van der Waals surface area contributed by atoms with Crippen LogP contribution in [0.15, 0.2) is 30.5 Å². The Morgan fingerprint density at radius 3 is 2.88 bits per heavy atom. The molecule has 1 aliphatic heterocycles. The van der Waals surface area contributed by atoms with E-state index in [1.54, 1.807) is 40.0 Å². The Morgan fingerprint density at radius 2 is 2.19 bits per heavy atom. The maximum atomic E-state index is 12.7. The molecule has 0 bridgehead atoms. The van der Waals surface area contributed by atoms with Crippen molar-refractivity contribution in [1.82, 2.24) is 20.0 Å². The molecule has 1 fully saturated rings. The van der Waals surface area contributed by atoms with Gasteiger partial charge in [-0.2, -0.15) is 5.10 Å². The minimum absolute atomic E-state index is 0.0492. The number of hydrogen-bond donors (Lipinski definition) is 1. The number of carbonyl (C=O) groups excluding carboxylic acids is 2. The lowest BCUT2D eigenvalue weighted by atomic mass is 9.90. The van der Waals surface area contributed by atoms with E-state index in [1.165, 1.54) is 0 Å². The fourth-order valence-corrected chi connectivity index (χ4v) is 3.44. The molecule has 2 amide bonds. The van der Waals surface area contributed by atoms with Crippen LogP contribution in [0.2, 0.25) is 5.02 Å². The molecule has 2 aromatic rings. The molecule has 0 radical (unpaired) electrons. The molecule has 0 saturated carbocycles. The van der Waals surface area contributed by atoms with E-state index in [0.29, 0.717) is 30.2 Å². The fourth-order valence-electron chi connectivity index (χ4n) is 3.25. The minimum Gasteiger partial charge on any atom is -0.334 e. The number of benzene rings is 1. The molecule has 1 aliphatic rings. The molecule has 0 unspecified atom stereocenters. The molecule has 1 atom stereocenters. The number of nitrogens with one attached hydrogen (secondary N) is 1. The molecule has 0 spiro atoms. The Morgan fingerprint density at radius 1 is 1.38 bits per heavy atom. The number of likely N-dealkylation sites (tertiary alicyclic amines) is 1. The number of amides is 2. The van der Waals surface area contributed by atoms with Crippen LogP contribution < -0.4 is 5.32 Å². The van der Waals surface area contributed by atoms with Crippen molar-refractivity contribution in [3.8, 4) is 0 Å². The predicted octanol–water partition coefficient (Wildman–Crippen LogP) is 3.19. The summed E-state index contributed by atoms with van der Waals surface area (Å²) < 4.78 is 1.78. The van der Waals surface area contributed by atoms with Crippen molar-refractivity contribution in [3.63, 3.8) is 0 Å². The molecule has 1 aromatic heterocycles. The number of halogens is 1. The quantitative estimate of drug-likeness (QED) is 0.836. The molecular weight excluding hydrogens is 352 g/mol. The van der Waals surface area contributed by atoms with Gasteiger partial charge in [-0.1, -0.05) is 23.7 Å². The van der Waals surface area contributed by atoms with E-state index in [2.05, 4.69) is 10.4 Å². The summed E-state index contributed by atoms with van der Waals surface area (Å²) >= 11 is 5.99. The van der Waals surface area contributed by atoms with Gasteiger partial charge in [-0.3, -0.25) is 9.48 Å². The Kier molecular flexibility index (Phi) is 5.61. The third kappa shape index (κ3) is 4.07. The summed E-state index contributed by atoms with van der Waals surface area (Å²) in [5, 5.41) is 7.66. The van der Waals surface area contributed by atoms with Gasteiger partial charge in [-0.05, 0) is 31.9 Å². The molecule has 6 nitrogen and oxygen atoms in total. The highest BCUT2D eigenvalue weighted by Gasteiger charge is 2.29. The van der Waals surface area contributed by atoms with Crippen LogP contribution in [0.5, 0.6) is 0 Å². The molecular formula is C19H23ClN4O2. The molecule has 3 rings (SSSR count). The number of rotatable bonds is 4. The number of piperidine rings is 1. The van der Waals surface area contributed by atoms with Crippen LogP contribution in [-0.2, 0) is 13.6 Å². The Balaban J connectivity index is 1.59. The first-order valence-corrected chi connectivity index (χ1v) is 9.13. The van der Waals surface area contributed by atoms with Crippen molar-refractivity contribution in [2.75, 3.05) is 13.1 Å². The van der Waals surface area contributed by atoms with Crippen LogP contribution in [0.25, 0.3) is 0 Å². The van der Waals surface area contributed by atoms with Gasteiger partial charge in [0.15, 0.2) is 5.78 Å². The zero-order valence-corrected chi connectivity index (χ0v) is 15.8. The smallest absolute Gasteiger partial charge is 0.317 e. The lowest BCUT2D eigenvalue weighted by molar-refractivity contribution is 0.0845. The Bertz CT molecular complexity index is 818. The van der Waals surface area contributed by atoms with Gasteiger partial charge < -0.3 is 10.2 Å². The van der Waals surface area contributed by atoms with Crippen LogP contribution in [-0.4, -0.2) is 39.6 Å². The van der Waals surface area contributed by atoms with E-state index in [0.717, 1.165) is 24.1 Å². The van der Waals surface area contributed by atoms with Crippen molar-refractivity contribution >= 4 is 23.4 Å². The van der Waals surface area contributed by atoms with Gasteiger partial charge in [-0.15, -0.1) is 0 Å². The van der Waals surface area contributed by atoms with Crippen molar-refractivity contribution in [1.29, 1.82) is 0 Å². The highest BCUT2D eigenvalue weighted by Crippen LogP contribution is 2.22. The lowest BCUT2D eigenvalue weighted by Crippen LogP contribution is -2.46. The number of aryl methyl sites for hydroxylation is 1. The second kappa shape index (κ2) is 7.91. The number of hydrogen-bond acceptors (Lipinski definition) is 3. The monoisotopic (exact) mass is 374 g/mol. The summed E-state index contributed by atoms with van der Waals surface area (Å²) in [6, 6.07) is 6.85. The molecule has 2 heterocycles. The topological polar surface area (TPSA) is 67.2 Å². The van der Waals surface area contributed by atoms with Crippen molar-refractivity contribution in [2.24, 2.45) is 13.0 Å². The molecule has 26 heavy (non-hydrogen) atoms. The molecule has 1 saturated heterocycles. The third-order valence-electron chi connectivity index (χ3n) is 4.96. The van der Waals surface area contributed by atoms with Gasteiger partial charge in [-0.25, -0.2) is 4.79 Å². The fraction of sp³-hybridized carbons (Fsp3) is 0.421. The van der Waals surface area contributed by atoms with E-state index < -0.39 is 0 Å². The van der Waals surface area contributed by atoms with Gasteiger partial charge in [0, 0.05) is 54.4 Å². The summed E-state index contributed by atoms with van der Waals surface area (Å²) in [5.41, 5.74) is 2.62. The molecule has 138 valence electrons. The maximum Gasteiger partial charge on any atom is 0.317 e. The Hall–Kier alpha value is -2.34. The minimum atomic E-state index is -0.187. The van der Waals surface area contributed by atoms with Crippen molar-refractivity contribution in [2.45, 2.75) is 26.3 Å². The van der Waals surface area contributed by atoms with Crippen LogP contribution in [0.1, 0.15) is 34.5 Å². The molecule has 7 heteroatoms. The zero-order valence-electron chi connectivity index (χ0n) is 15.0. The standard InChI is InChI=1S/C19H23ClN4O2/c1-13-16(11-22-23(13)2)10-21-19(26)24-8-4-6-15(12-24)18(25)14-5-3-7-17(20)9-14/h3,5,7,9,11,15H,4,6,8,10,12H2,1-2H3,(H,21,26)/t15-/m1/s1. The normalized spacial score (nSPS) is 17.2. The predicted molar refractivity (Wildman–Crippen MR) is 100 cm³/mol. The summed E-state index contributed by atoms with van der Waals surface area (Å²) in [5.74, 6) is -0.138. The number of Topliss-reactive ketones (excluding diaryl/α,β-unsaturated/α-hetero) is 1. The largest absolute Gasteiger partial charge is 0.334 e. The van der Waals surface area contributed by atoms with Crippen molar-refractivity contribution in [3.05, 3.63) is 52.3 Å². The highest BCUT2D eigenvalue weighted by atomic mass is 35.5. The highest BCUT2D eigenvalue weighted by molar-refractivity contribution is 6.31. The van der Waals surface area contributed by atoms with E-state index >= 15 is 0 Å². The number of ketones is 1. The molecule has 1 N–H and O–H groups in total. The van der Waals surface area contributed by atoms with Crippen LogP contribution in [0.4, 0.5) is 4.79 Å². The van der Waals surface area contributed by atoms with Crippen LogP contribution in [0.3, 0.4) is 0 Å². The first-order valence-electron chi connectivity index (χ1n) is 8.75. The lowest BCUT2D eigenvalue weighted by Gasteiger charge is -2.32.